The molecule has 0 spiro atoms. The van der Waals surface area contributed by atoms with Crippen molar-refractivity contribution >= 4 is 26.6 Å². The number of benzene rings is 2. The van der Waals surface area contributed by atoms with E-state index in [0.717, 1.165) is 41.3 Å². The maximum Gasteiger partial charge on any atom is 0.419 e. The largest absolute Gasteiger partial charge is 0.419 e. The second-order valence-electron chi connectivity index (χ2n) is 8.74. The van der Waals surface area contributed by atoms with E-state index < -0.39 is 44.4 Å². The fourth-order valence-corrected chi connectivity index (χ4v) is 5.18. The van der Waals surface area contributed by atoms with Crippen LogP contribution in [0.1, 0.15) is 31.1 Å². The molecule has 0 atom stereocenters. The van der Waals surface area contributed by atoms with Gasteiger partial charge in [0.1, 0.15) is 17.2 Å². The second-order valence-corrected chi connectivity index (χ2v) is 10.5. The summed E-state index contributed by atoms with van der Waals surface area (Å²) >= 11 is 0. The maximum atomic E-state index is 15.4. The van der Waals surface area contributed by atoms with Crippen LogP contribution in [-0.4, -0.2) is 38.6 Å². The van der Waals surface area contributed by atoms with Crippen molar-refractivity contribution in [1.82, 2.24) is 24.0 Å². The van der Waals surface area contributed by atoms with Crippen molar-refractivity contribution in [3.8, 4) is 16.8 Å². The van der Waals surface area contributed by atoms with Crippen molar-refractivity contribution in [2.75, 3.05) is 11.4 Å². The van der Waals surface area contributed by atoms with Gasteiger partial charge in [-0.25, -0.2) is 12.8 Å². The third-order valence-electron chi connectivity index (χ3n) is 5.96. The van der Waals surface area contributed by atoms with Gasteiger partial charge in [-0.3, -0.25) is 4.57 Å². The van der Waals surface area contributed by atoms with Crippen LogP contribution in [0.4, 0.5) is 27.7 Å². The van der Waals surface area contributed by atoms with E-state index in [1.54, 1.807) is 0 Å². The molecule has 5 rings (SSSR count). The molecule has 0 aliphatic carbocycles. The standard InChI is InChI=1S/C21H17F5N6O2S/c1-10-28-29-19-20(2,3)31(26)15-6-5-12(17(21(23,24)25)18(15)30(10)19)13-7-11(22)8-16-14(13)9-27-32(16)35(4,33)34/h5-9H,1-4H3. The summed E-state index contributed by atoms with van der Waals surface area (Å²) < 4.78 is 99.8. The molecule has 4 aromatic rings. The number of aromatic nitrogens is 5. The Morgan fingerprint density at radius 1 is 1.06 bits per heavy atom. The van der Waals surface area contributed by atoms with Crippen LogP contribution in [0.5, 0.6) is 0 Å². The van der Waals surface area contributed by atoms with Gasteiger partial charge in [-0.2, -0.15) is 27.5 Å². The van der Waals surface area contributed by atoms with Crippen LogP contribution in [0, 0.1) is 12.7 Å². The summed E-state index contributed by atoms with van der Waals surface area (Å²) in [6, 6.07) is 3.91. The van der Waals surface area contributed by atoms with Gasteiger partial charge in [0.05, 0.1) is 34.9 Å². The van der Waals surface area contributed by atoms with Crippen molar-refractivity contribution in [1.29, 1.82) is 0 Å². The average Bonchev–Trinajstić information content (AvgIpc) is 3.34. The number of hydrogen-bond donors (Lipinski definition) is 0. The van der Waals surface area contributed by atoms with Gasteiger partial charge in [-0.15, -0.1) is 10.2 Å². The van der Waals surface area contributed by atoms with Crippen LogP contribution in [0.2, 0.25) is 0 Å². The zero-order valence-electron chi connectivity index (χ0n) is 18.7. The molecule has 2 aromatic carbocycles. The first-order chi connectivity index (χ1) is 16.1. The number of rotatable bonds is 2. The molecular formula is C21H17F5N6O2S. The lowest BCUT2D eigenvalue weighted by atomic mass is 9.91. The van der Waals surface area contributed by atoms with E-state index in [1.807, 2.05) is 0 Å². The van der Waals surface area contributed by atoms with Gasteiger partial charge >= 0.3 is 6.18 Å². The maximum absolute atomic E-state index is 15.4. The molecule has 0 amide bonds. The normalized spacial score (nSPS) is 15.4. The Morgan fingerprint density at radius 2 is 1.74 bits per heavy atom. The SMILES string of the molecule is Cc1nnc2n1-c1c(ccc(-c3cc(F)cc4c3cnn4S(C)(=O)=O)c1C(F)(F)F)N(F)C2(C)C. The topological polar surface area (TPSA) is 85.9 Å². The van der Waals surface area contributed by atoms with Crippen molar-refractivity contribution in [2.45, 2.75) is 32.5 Å². The van der Waals surface area contributed by atoms with Gasteiger partial charge in [0.2, 0.25) is 0 Å². The molecule has 184 valence electrons. The Kier molecular flexibility index (Phi) is 4.64. The molecule has 2 aromatic heterocycles. The summed E-state index contributed by atoms with van der Waals surface area (Å²) in [4.78, 5) is 0. The van der Waals surface area contributed by atoms with E-state index in [-0.39, 0.29) is 38.9 Å². The molecule has 0 saturated carbocycles. The first kappa shape index (κ1) is 23.2. The molecule has 0 saturated heterocycles. The molecule has 1 aliphatic heterocycles. The van der Waals surface area contributed by atoms with E-state index in [2.05, 4.69) is 15.3 Å². The van der Waals surface area contributed by atoms with E-state index >= 15 is 4.48 Å². The molecule has 1 aliphatic rings. The van der Waals surface area contributed by atoms with Gasteiger partial charge in [0.15, 0.2) is 5.82 Å². The molecular weight excluding hydrogens is 495 g/mol. The Labute approximate surface area is 195 Å². The fraction of sp³-hybridized carbons (Fsp3) is 0.286. The molecule has 14 heteroatoms. The van der Waals surface area contributed by atoms with Crippen LogP contribution < -0.4 is 5.12 Å². The van der Waals surface area contributed by atoms with Gasteiger partial charge < -0.3 is 0 Å². The van der Waals surface area contributed by atoms with E-state index in [9.17, 15) is 26.0 Å². The van der Waals surface area contributed by atoms with E-state index in [1.165, 1.54) is 20.8 Å². The molecule has 0 fully saturated rings. The number of nitrogens with zero attached hydrogens (tertiary/aromatic N) is 6. The van der Waals surface area contributed by atoms with Crippen LogP contribution in [0.15, 0.2) is 30.5 Å². The molecule has 8 nitrogen and oxygen atoms in total. The van der Waals surface area contributed by atoms with E-state index in [4.69, 9.17) is 0 Å². The highest BCUT2D eigenvalue weighted by molar-refractivity contribution is 7.89. The fourth-order valence-electron chi connectivity index (χ4n) is 4.45. The van der Waals surface area contributed by atoms with Crippen molar-refractivity contribution < 1.29 is 30.5 Å². The minimum atomic E-state index is -5.03. The molecule has 3 heterocycles. The number of aryl methyl sites for hydroxylation is 1. The first-order valence-corrected chi connectivity index (χ1v) is 12.0. The van der Waals surface area contributed by atoms with Gasteiger partial charge in [-0.05, 0) is 44.0 Å². The number of alkyl halides is 3. The summed E-state index contributed by atoms with van der Waals surface area (Å²) in [5.74, 6) is -0.931. The summed E-state index contributed by atoms with van der Waals surface area (Å²) in [5.41, 5.74) is -4.59. The molecule has 0 radical (unpaired) electrons. The van der Waals surface area contributed by atoms with E-state index in [0.29, 0.717) is 4.09 Å². The first-order valence-electron chi connectivity index (χ1n) is 10.2. The Hall–Kier alpha value is -3.55. The van der Waals surface area contributed by atoms with Crippen LogP contribution in [-0.2, 0) is 21.7 Å². The highest BCUT2D eigenvalue weighted by Gasteiger charge is 2.47. The van der Waals surface area contributed by atoms with Crippen molar-refractivity contribution in [3.05, 3.63) is 53.5 Å². The van der Waals surface area contributed by atoms with Crippen molar-refractivity contribution in [3.63, 3.8) is 0 Å². The average molecular weight is 512 g/mol. The highest BCUT2D eigenvalue weighted by atomic mass is 32.2. The number of anilines is 1. The third-order valence-corrected chi connectivity index (χ3v) is 6.88. The van der Waals surface area contributed by atoms with Crippen LogP contribution in [0.25, 0.3) is 27.7 Å². The zero-order valence-corrected chi connectivity index (χ0v) is 19.5. The number of hydrogen-bond acceptors (Lipinski definition) is 6. The summed E-state index contributed by atoms with van der Waals surface area (Å²) in [6.07, 6.45) is -3.15. The lowest BCUT2D eigenvalue weighted by Gasteiger charge is -2.39. The van der Waals surface area contributed by atoms with Crippen LogP contribution >= 0.6 is 0 Å². The van der Waals surface area contributed by atoms with Crippen molar-refractivity contribution in [2.24, 2.45) is 0 Å². The monoisotopic (exact) mass is 512 g/mol. The molecule has 35 heavy (non-hydrogen) atoms. The second kappa shape index (κ2) is 6.99. The molecule has 0 unspecified atom stereocenters. The molecule has 0 N–H and O–H groups in total. The third kappa shape index (κ3) is 3.22. The Bertz CT molecular complexity index is 1640. The van der Waals surface area contributed by atoms with Gasteiger partial charge in [-0.1, -0.05) is 10.5 Å². The smallest absolute Gasteiger partial charge is 0.278 e. The Morgan fingerprint density at radius 3 is 2.37 bits per heavy atom. The molecule has 0 bridgehead atoms. The predicted octanol–water partition coefficient (Wildman–Crippen LogP) is 4.50. The Balaban J connectivity index is 1.94. The zero-order chi connectivity index (χ0) is 25.7. The highest BCUT2D eigenvalue weighted by Crippen LogP contribution is 2.51. The van der Waals surface area contributed by atoms with Crippen LogP contribution in [0.3, 0.4) is 0 Å². The minimum absolute atomic E-state index is 0.0313. The lowest BCUT2D eigenvalue weighted by Crippen LogP contribution is -2.42. The summed E-state index contributed by atoms with van der Waals surface area (Å²) in [7, 11) is -3.97. The summed E-state index contributed by atoms with van der Waals surface area (Å²) in [5, 5.41) is 11.7. The predicted molar refractivity (Wildman–Crippen MR) is 117 cm³/mol. The summed E-state index contributed by atoms with van der Waals surface area (Å²) in [6.45, 7) is 4.34. The quantitative estimate of drug-likeness (QED) is 0.291. The van der Waals surface area contributed by atoms with Gasteiger partial charge in [0, 0.05) is 11.5 Å². The number of halogens is 5. The minimum Gasteiger partial charge on any atom is -0.278 e. The number of fused-ring (bicyclic) bond motifs is 4. The lowest BCUT2D eigenvalue weighted by molar-refractivity contribution is -0.137. The van der Waals surface area contributed by atoms with Gasteiger partial charge in [0.25, 0.3) is 10.0 Å².